The molecule has 3 aromatic rings. The second-order valence-electron chi connectivity index (χ2n) is 5.35. The van der Waals surface area contributed by atoms with Gasteiger partial charge >= 0.3 is 6.03 Å². The number of sulfonamides is 1. The molecule has 4 N–H and O–H groups in total. The molecule has 0 spiro atoms. The number of amides is 2. The van der Waals surface area contributed by atoms with Gasteiger partial charge in [-0.3, -0.25) is 10.3 Å². The number of nitrogens with one attached hydrogen (secondary N) is 2. The highest BCUT2D eigenvalue weighted by Crippen LogP contribution is 2.21. The number of hydrogen-bond acceptors (Lipinski definition) is 6. The minimum Gasteiger partial charge on any atom is -0.338 e. The molecule has 0 saturated heterocycles. The quantitative estimate of drug-likeness (QED) is 0.634. The van der Waals surface area contributed by atoms with E-state index in [-0.39, 0.29) is 10.9 Å². The Morgan fingerprint density at radius 2 is 2.00 bits per heavy atom. The van der Waals surface area contributed by atoms with Gasteiger partial charge in [0.1, 0.15) is 11.3 Å². The Hall–Kier alpha value is -3.11. The van der Waals surface area contributed by atoms with Crippen LogP contribution in [-0.2, 0) is 10.0 Å². The molecule has 0 fully saturated rings. The third kappa shape index (κ3) is 3.92. The number of nitrogens with two attached hydrogens (primary N) is 1. The van der Waals surface area contributed by atoms with Crippen molar-refractivity contribution in [1.82, 2.24) is 20.3 Å². The second-order valence-corrected chi connectivity index (χ2v) is 6.91. The van der Waals surface area contributed by atoms with Gasteiger partial charge in [0.05, 0.1) is 16.8 Å². The van der Waals surface area contributed by atoms with E-state index in [9.17, 15) is 13.2 Å². The van der Waals surface area contributed by atoms with E-state index in [1.165, 1.54) is 18.3 Å². The van der Waals surface area contributed by atoms with Crippen LogP contribution in [-0.4, -0.2) is 35.9 Å². The number of anilines is 1. The van der Waals surface area contributed by atoms with Gasteiger partial charge in [0.2, 0.25) is 10.0 Å². The number of primary sulfonamides is 1. The molecule has 0 aliphatic heterocycles. The van der Waals surface area contributed by atoms with Gasteiger partial charge in [-0.25, -0.2) is 28.3 Å². The molecule has 0 bridgehead atoms. The molecule has 9 nitrogen and oxygen atoms in total. The second kappa shape index (κ2) is 7.02. The van der Waals surface area contributed by atoms with Gasteiger partial charge in [-0.1, -0.05) is 12.1 Å². The van der Waals surface area contributed by atoms with Crippen molar-refractivity contribution in [3.63, 3.8) is 0 Å². The summed E-state index contributed by atoms with van der Waals surface area (Å²) in [5.41, 5.74) is 1.83. The van der Waals surface area contributed by atoms with E-state index in [1.807, 2.05) is 0 Å². The number of pyridine rings is 1. The number of nitrogens with zero attached hydrogens (tertiary/aromatic N) is 3. The largest absolute Gasteiger partial charge is 0.338 e. The predicted molar refractivity (Wildman–Crippen MR) is 96.8 cm³/mol. The predicted octanol–water partition coefficient (Wildman–Crippen LogP) is 1.48. The molecule has 3 rings (SSSR count). The van der Waals surface area contributed by atoms with E-state index in [4.69, 9.17) is 5.14 Å². The number of urea groups is 1. The summed E-state index contributed by atoms with van der Waals surface area (Å²) in [6, 6.07) is 9.02. The Balaban J connectivity index is 1.99. The van der Waals surface area contributed by atoms with E-state index >= 15 is 0 Å². The number of rotatable bonds is 4. The Morgan fingerprint density at radius 3 is 2.73 bits per heavy atom. The fourth-order valence-electron chi connectivity index (χ4n) is 2.26. The van der Waals surface area contributed by atoms with Crippen molar-refractivity contribution < 1.29 is 13.2 Å². The summed E-state index contributed by atoms with van der Waals surface area (Å²) >= 11 is 0. The van der Waals surface area contributed by atoms with E-state index in [2.05, 4.69) is 25.6 Å². The van der Waals surface area contributed by atoms with Crippen LogP contribution in [0.1, 0.15) is 6.92 Å². The summed E-state index contributed by atoms with van der Waals surface area (Å²) in [4.78, 5) is 24.5. The van der Waals surface area contributed by atoms with Crippen molar-refractivity contribution in [2.24, 2.45) is 5.14 Å². The van der Waals surface area contributed by atoms with E-state index in [0.717, 1.165) is 0 Å². The molecular weight excluding hydrogens is 356 g/mol. The molecule has 2 heterocycles. The van der Waals surface area contributed by atoms with Crippen molar-refractivity contribution in [2.45, 2.75) is 11.8 Å². The highest BCUT2D eigenvalue weighted by atomic mass is 32.2. The lowest BCUT2D eigenvalue weighted by Crippen LogP contribution is -2.28. The summed E-state index contributed by atoms with van der Waals surface area (Å²) in [5.74, 6) is 0.327. The summed E-state index contributed by atoms with van der Waals surface area (Å²) in [6.07, 6.45) is 1.52. The first-order valence-corrected chi connectivity index (χ1v) is 9.23. The molecule has 26 heavy (non-hydrogen) atoms. The number of carbonyl (C=O) groups is 1. The molecule has 0 radical (unpaired) electrons. The Morgan fingerprint density at radius 1 is 1.19 bits per heavy atom. The number of fused-ring (bicyclic) bond motifs is 1. The Labute approximate surface area is 149 Å². The molecule has 134 valence electrons. The lowest BCUT2D eigenvalue weighted by molar-refractivity contribution is 0.252. The van der Waals surface area contributed by atoms with Crippen molar-refractivity contribution in [1.29, 1.82) is 0 Å². The summed E-state index contributed by atoms with van der Waals surface area (Å²) < 4.78 is 23.0. The summed E-state index contributed by atoms with van der Waals surface area (Å²) in [5, 5.41) is 10.4. The van der Waals surface area contributed by atoms with Crippen LogP contribution in [0.4, 0.5) is 10.6 Å². The summed E-state index contributed by atoms with van der Waals surface area (Å²) in [6.45, 7) is 2.30. The van der Waals surface area contributed by atoms with E-state index in [0.29, 0.717) is 34.8 Å². The van der Waals surface area contributed by atoms with Crippen molar-refractivity contribution in [3.05, 3.63) is 42.6 Å². The highest BCUT2D eigenvalue weighted by Gasteiger charge is 2.11. The first-order valence-electron chi connectivity index (χ1n) is 7.68. The minimum atomic E-state index is -3.82. The lowest BCUT2D eigenvalue weighted by atomic mass is 10.1. The van der Waals surface area contributed by atoms with Gasteiger partial charge in [-0.05, 0) is 31.2 Å². The normalized spacial score (nSPS) is 11.3. The minimum absolute atomic E-state index is 0.0171. The third-order valence-electron chi connectivity index (χ3n) is 3.44. The van der Waals surface area contributed by atoms with Crippen LogP contribution >= 0.6 is 0 Å². The highest BCUT2D eigenvalue weighted by molar-refractivity contribution is 7.89. The lowest BCUT2D eigenvalue weighted by Gasteiger charge is -2.07. The van der Waals surface area contributed by atoms with Crippen LogP contribution in [0.25, 0.3) is 22.4 Å². The van der Waals surface area contributed by atoms with Crippen LogP contribution in [0, 0.1) is 0 Å². The molecule has 0 atom stereocenters. The van der Waals surface area contributed by atoms with Crippen LogP contribution in [0.3, 0.4) is 0 Å². The zero-order chi connectivity index (χ0) is 18.7. The average Bonchev–Trinajstić information content (AvgIpc) is 2.60. The molecule has 0 saturated carbocycles. The molecule has 1 aromatic carbocycles. The Bertz CT molecular complexity index is 1080. The molecule has 0 unspecified atom stereocenters. The van der Waals surface area contributed by atoms with E-state index in [1.54, 1.807) is 31.2 Å². The first kappa shape index (κ1) is 17.7. The molecule has 10 heteroatoms. The molecule has 0 aliphatic carbocycles. The maximum absolute atomic E-state index is 11.6. The maximum atomic E-state index is 11.6. The maximum Gasteiger partial charge on any atom is 0.320 e. The van der Waals surface area contributed by atoms with Crippen LogP contribution in [0.2, 0.25) is 0 Å². The fourth-order valence-corrected chi connectivity index (χ4v) is 2.82. The van der Waals surface area contributed by atoms with Gasteiger partial charge in [0.25, 0.3) is 0 Å². The first-order chi connectivity index (χ1) is 12.4. The van der Waals surface area contributed by atoms with Crippen molar-refractivity contribution in [2.75, 3.05) is 11.9 Å². The smallest absolute Gasteiger partial charge is 0.320 e. The summed E-state index contributed by atoms with van der Waals surface area (Å²) in [7, 11) is -3.82. The topological polar surface area (TPSA) is 140 Å². The third-order valence-corrected chi connectivity index (χ3v) is 4.36. The Kier molecular flexibility index (Phi) is 4.78. The van der Waals surface area contributed by atoms with Crippen LogP contribution in [0.15, 0.2) is 47.5 Å². The zero-order valence-electron chi connectivity index (χ0n) is 13.8. The van der Waals surface area contributed by atoms with Gasteiger partial charge in [0, 0.05) is 12.1 Å². The number of aromatic nitrogens is 3. The fraction of sp³-hybridized carbons (Fsp3) is 0.125. The van der Waals surface area contributed by atoms with Gasteiger partial charge in [0.15, 0.2) is 5.65 Å². The molecular formula is C16H16N6O3S. The van der Waals surface area contributed by atoms with Gasteiger partial charge in [-0.2, -0.15) is 0 Å². The van der Waals surface area contributed by atoms with Crippen LogP contribution < -0.4 is 15.8 Å². The SMILES string of the molecule is CCNC(=O)Nc1ccc2ncc(-c3cccc(S(N)(=O)=O)c3)nc2n1. The van der Waals surface area contributed by atoms with E-state index < -0.39 is 10.0 Å². The van der Waals surface area contributed by atoms with Crippen LogP contribution in [0.5, 0.6) is 0 Å². The molecule has 0 aliphatic rings. The zero-order valence-corrected chi connectivity index (χ0v) is 14.6. The monoisotopic (exact) mass is 372 g/mol. The number of hydrogen-bond donors (Lipinski definition) is 3. The van der Waals surface area contributed by atoms with Crippen molar-refractivity contribution in [3.8, 4) is 11.3 Å². The van der Waals surface area contributed by atoms with Crippen molar-refractivity contribution >= 4 is 33.0 Å². The number of carbonyl (C=O) groups excluding carboxylic acids is 1. The molecule has 2 amide bonds. The van der Waals surface area contributed by atoms with Gasteiger partial charge < -0.3 is 5.32 Å². The standard InChI is InChI=1S/C16H16N6O3S/c1-2-18-16(23)22-14-7-6-12-15(21-14)20-13(9-19-12)10-4-3-5-11(8-10)26(17,24)25/h3-9H,2H2,1H3,(H2,17,24,25)(H2,18,20,21,22,23). The molecule has 2 aromatic heterocycles. The average molecular weight is 372 g/mol. The number of benzene rings is 1. The van der Waals surface area contributed by atoms with Gasteiger partial charge in [-0.15, -0.1) is 0 Å².